The Balaban J connectivity index is 3.37. The van der Waals surface area contributed by atoms with Crippen molar-refractivity contribution in [1.29, 1.82) is 0 Å². The largest absolute Gasteiger partial charge is 0.573 e. The zero-order valence-corrected chi connectivity index (χ0v) is 11.3. The molecule has 0 saturated heterocycles. The Kier molecular flexibility index (Phi) is 4.71. The first-order chi connectivity index (χ1) is 8.90. The highest BCUT2D eigenvalue weighted by Gasteiger charge is 2.41. The standard InChI is InChI=1S/C9H4F6INO3/c10-8(11,12)7-5(20-9(13,14)15)1-3(16)4(17-7)2-6(18)19/h1H,2H2,(H,18,19). The number of carboxylic acids is 1. The molecule has 20 heavy (non-hydrogen) atoms. The molecule has 4 nitrogen and oxygen atoms in total. The third-order valence-corrected chi connectivity index (χ3v) is 2.76. The van der Waals surface area contributed by atoms with Crippen molar-refractivity contribution in [1.82, 2.24) is 4.98 Å². The molecule has 0 spiro atoms. The van der Waals surface area contributed by atoms with Crippen LogP contribution in [-0.4, -0.2) is 22.4 Å². The molecule has 1 N–H and O–H groups in total. The predicted octanol–water partition coefficient (Wildman–Crippen LogP) is 3.23. The summed E-state index contributed by atoms with van der Waals surface area (Å²) in [5.74, 6) is -2.99. The van der Waals surface area contributed by atoms with Gasteiger partial charge in [-0.15, -0.1) is 13.2 Å². The molecule has 1 aromatic rings. The minimum absolute atomic E-state index is 0.183. The van der Waals surface area contributed by atoms with Crippen LogP contribution in [0.4, 0.5) is 26.3 Å². The van der Waals surface area contributed by atoms with Crippen LogP contribution in [-0.2, 0) is 17.4 Å². The summed E-state index contributed by atoms with van der Waals surface area (Å²) in [4.78, 5) is 13.4. The average molecular weight is 415 g/mol. The number of rotatable bonds is 3. The topological polar surface area (TPSA) is 59.4 Å². The van der Waals surface area contributed by atoms with Crippen molar-refractivity contribution in [2.24, 2.45) is 0 Å². The molecule has 0 atom stereocenters. The molecule has 1 aromatic heterocycles. The lowest BCUT2D eigenvalue weighted by atomic mass is 10.2. The molecule has 0 radical (unpaired) electrons. The Bertz CT molecular complexity index is 528. The Labute approximate surface area is 120 Å². The zero-order valence-electron chi connectivity index (χ0n) is 9.14. The molecule has 11 heteroatoms. The van der Waals surface area contributed by atoms with Crippen molar-refractivity contribution >= 4 is 28.6 Å². The summed E-state index contributed by atoms with van der Waals surface area (Å²) in [6.07, 6.45) is -11.4. The van der Waals surface area contributed by atoms with Crippen LogP contribution in [0.3, 0.4) is 0 Å². The van der Waals surface area contributed by atoms with Gasteiger partial charge in [0.25, 0.3) is 0 Å². The smallest absolute Gasteiger partial charge is 0.481 e. The summed E-state index contributed by atoms with van der Waals surface area (Å²) in [5, 5.41) is 8.50. The van der Waals surface area contributed by atoms with Crippen molar-refractivity contribution in [3.05, 3.63) is 21.0 Å². The second-order valence-electron chi connectivity index (χ2n) is 3.38. The van der Waals surface area contributed by atoms with Gasteiger partial charge < -0.3 is 9.84 Å². The fourth-order valence-electron chi connectivity index (χ4n) is 1.18. The quantitative estimate of drug-likeness (QED) is 0.609. The van der Waals surface area contributed by atoms with E-state index >= 15 is 0 Å². The number of nitrogens with zero attached hydrogens (tertiary/aromatic N) is 1. The third-order valence-electron chi connectivity index (χ3n) is 1.83. The molecular weight excluding hydrogens is 411 g/mol. The number of hydrogen-bond acceptors (Lipinski definition) is 3. The van der Waals surface area contributed by atoms with E-state index in [0.29, 0.717) is 6.07 Å². The number of ether oxygens (including phenoxy) is 1. The summed E-state index contributed by atoms with van der Waals surface area (Å²) < 4.78 is 77.0. The third kappa shape index (κ3) is 4.68. The van der Waals surface area contributed by atoms with Crippen molar-refractivity contribution < 1.29 is 41.0 Å². The van der Waals surface area contributed by atoms with Gasteiger partial charge in [0.2, 0.25) is 0 Å². The molecule has 0 aliphatic carbocycles. The maximum absolute atomic E-state index is 12.6. The minimum atomic E-state index is -5.32. The van der Waals surface area contributed by atoms with Crippen LogP contribution in [0.5, 0.6) is 5.75 Å². The number of carboxylic acid groups (broad SMARTS) is 1. The molecule has 0 unspecified atom stereocenters. The van der Waals surface area contributed by atoms with Gasteiger partial charge in [-0.3, -0.25) is 4.79 Å². The summed E-state index contributed by atoms with van der Waals surface area (Å²) in [6, 6.07) is 0.447. The van der Waals surface area contributed by atoms with E-state index in [1.807, 2.05) is 0 Å². The number of pyridine rings is 1. The molecule has 0 aliphatic heterocycles. The first kappa shape index (κ1) is 16.8. The van der Waals surface area contributed by atoms with Crippen LogP contribution in [0, 0.1) is 3.57 Å². The SMILES string of the molecule is O=C(O)Cc1nc(C(F)(F)F)c(OC(F)(F)F)cc1I. The number of aliphatic carboxylic acids is 1. The number of aromatic nitrogens is 1. The maximum atomic E-state index is 12.6. The summed E-state index contributed by atoms with van der Waals surface area (Å²) in [6.45, 7) is 0. The number of carbonyl (C=O) groups is 1. The monoisotopic (exact) mass is 415 g/mol. The molecule has 112 valence electrons. The lowest BCUT2D eigenvalue weighted by molar-refractivity contribution is -0.276. The Morgan fingerprint density at radius 1 is 1.30 bits per heavy atom. The number of alkyl halides is 6. The van der Waals surface area contributed by atoms with E-state index in [2.05, 4.69) is 9.72 Å². The van der Waals surface area contributed by atoms with Gasteiger partial charge in [-0.1, -0.05) is 0 Å². The van der Waals surface area contributed by atoms with Crippen LogP contribution in [0.2, 0.25) is 0 Å². The van der Waals surface area contributed by atoms with E-state index in [1.165, 1.54) is 22.6 Å². The highest BCUT2D eigenvalue weighted by atomic mass is 127. The number of hydrogen-bond donors (Lipinski definition) is 1. The molecular formula is C9H4F6INO3. The highest BCUT2D eigenvalue weighted by Crippen LogP contribution is 2.38. The predicted molar refractivity (Wildman–Crippen MR) is 60.0 cm³/mol. The van der Waals surface area contributed by atoms with Crippen molar-refractivity contribution in [3.63, 3.8) is 0 Å². The molecule has 0 bridgehead atoms. The van der Waals surface area contributed by atoms with E-state index in [1.54, 1.807) is 0 Å². The van der Waals surface area contributed by atoms with Gasteiger partial charge in [-0.25, -0.2) is 4.98 Å². The average Bonchev–Trinajstić information content (AvgIpc) is 2.17. The fraction of sp³-hybridized carbons (Fsp3) is 0.333. The Morgan fingerprint density at radius 3 is 2.25 bits per heavy atom. The van der Waals surface area contributed by atoms with Gasteiger partial charge in [0.05, 0.1) is 12.1 Å². The first-order valence-electron chi connectivity index (χ1n) is 4.64. The van der Waals surface area contributed by atoms with Gasteiger partial charge in [-0.05, 0) is 28.7 Å². The first-order valence-corrected chi connectivity index (χ1v) is 5.72. The van der Waals surface area contributed by atoms with Crippen LogP contribution in [0.1, 0.15) is 11.4 Å². The lowest BCUT2D eigenvalue weighted by Crippen LogP contribution is -2.22. The molecule has 1 heterocycles. The van der Waals surface area contributed by atoms with Crippen molar-refractivity contribution in [2.45, 2.75) is 19.0 Å². The van der Waals surface area contributed by atoms with E-state index in [0.717, 1.165) is 0 Å². The van der Waals surface area contributed by atoms with Crippen LogP contribution < -0.4 is 4.74 Å². The Hall–Kier alpha value is -1.27. The second-order valence-corrected chi connectivity index (χ2v) is 4.54. The van der Waals surface area contributed by atoms with Crippen molar-refractivity contribution in [3.8, 4) is 5.75 Å². The van der Waals surface area contributed by atoms with Crippen LogP contribution >= 0.6 is 22.6 Å². The second kappa shape index (κ2) is 5.61. The molecule has 0 fully saturated rings. The Morgan fingerprint density at radius 2 is 1.85 bits per heavy atom. The van der Waals surface area contributed by atoms with E-state index in [4.69, 9.17) is 5.11 Å². The van der Waals surface area contributed by atoms with Gasteiger partial charge >= 0.3 is 18.5 Å². The molecule has 0 aromatic carbocycles. The van der Waals surface area contributed by atoms with Crippen LogP contribution in [0.15, 0.2) is 6.07 Å². The van der Waals surface area contributed by atoms with Gasteiger partial charge in [-0.2, -0.15) is 13.2 Å². The van der Waals surface area contributed by atoms with E-state index < -0.39 is 42.1 Å². The maximum Gasteiger partial charge on any atom is 0.573 e. The normalized spacial score (nSPS) is 12.3. The lowest BCUT2D eigenvalue weighted by Gasteiger charge is -2.16. The minimum Gasteiger partial charge on any atom is -0.481 e. The van der Waals surface area contributed by atoms with Gasteiger partial charge in [0.15, 0.2) is 11.4 Å². The van der Waals surface area contributed by atoms with Gasteiger partial charge in [0, 0.05) is 3.57 Å². The highest BCUT2D eigenvalue weighted by molar-refractivity contribution is 14.1. The summed E-state index contributed by atoms with van der Waals surface area (Å²) in [5.41, 5.74) is -2.42. The zero-order chi connectivity index (χ0) is 15.7. The molecule has 0 saturated carbocycles. The molecule has 0 amide bonds. The molecule has 1 rings (SSSR count). The number of halogens is 7. The van der Waals surface area contributed by atoms with E-state index in [9.17, 15) is 31.1 Å². The molecule has 0 aliphatic rings. The van der Waals surface area contributed by atoms with E-state index in [-0.39, 0.29) is 3.57 Å². The van der Waals surface area contributed by atoms with Crippen LogP contribution in [0.25, 0.3) is 0 Å². The van der Waals surface area contributed by atoms with Gasteiger partial charge in [0.1, 0.15) is 0 Å². The fourth-order valence-corrected chi connectivity index (χ4v) is 1.78. The van der Waals surface area contributed by atoms with Crippen molar-refractivity contribution in [2.75, 3.05) is 0 Å². The summed E-state index contributed by atoms with van der Waals surface area (Å²) >= 11 is 1.38. The summed E-state index contributed by atoms with van der Waals surface area (Å²) in [7, 11) is 0.